The lowest BCUT2D eigenvalue weighted by Gasteiger charge is -2.08. The molecule has 0 aliphatic rings. The van der Waals surface area contributed by atoms with Gasteiger partial charge in [0.05, 0.1) is 0 Å². The molecule has 1 N–H and O–H groups in total. The second-order valence-electron chi connectivity index (χ2n) is 3.31. The van der Waals surface area contributed by atoms with Crippen molar-refractivity contribution in [1.82, 2.24) is 0 Å². The first kappa shape index (κ1) is 11.2. The fraction of sp³-hybridized carbons (Fsp3) is 0.300. The number of hydrogen-bond acceptors (Lipinski definition) is 2. The summed E-state index contributed by atoms with van der Waals surface area (Å²) in [5, 5.41) is 0. The highest BCUT2D eigenvalue weighted by atomic mass is 31.1. The molecule has 0 radical (unpaired) electrons. The zero-order valence-electron chi connectivity index (χ0n) is 8.42. The molecular formula is C10H13O3P. The van der Waals surface area contributed by atoms with E-state index in [1.165, 1.54) is 0 Å². The third-order valence-electron chi connectivity index (χ3n) is 2.50. The number of carbonyl (C=O) groups is 1. The first-order valence-electron chi connectivity index (χ1n) is 4.29. The van der Waals surface area contributed by atoms with Crippen LogP contribution >= 0.6 is 8.03 Å². The molecule has 0 bridgehead atoms. The minimum atomic E-state index is -3.10. The highest BCUT2D eigenvalue weighted by Gasteiger charge is 2.15. The maximum Gasteiger partial charge on any atom is 0.257 e. The molecule has 0 heterocycles. The molecule has 14 heavy (non-hydrogen) atoms. The van der Waals surface area contributed by atoms with E-state index in [0.29, 0.717) is 5.56 Å². The van der Waals surface area contributed by atoms with Crippen molar-refractivity contribution in [1.29, 1.82) is 0 Å². The first-order valence-corrected chi connectivity index (χ1v) is 5.65. The first-order chi connectivity index (χ1) is 6.45. The van der Waals surface area contributed by atoms with E-state index in [4.69, 9.17) is 4.89 Å². The third-order valence-corrected chi connectivity index (χ3v) is 3.15. The topological polar surface area (TPSA) is 54.4 Å². The highest BCUT2D eigenvalue weighted by molar-refractivity contribution is 7.59. The summed E-state index contributed by atoms with van der Waals surface area (Å²) < 4.78 is 10.7. The van der Waals surface area contributed by atoms with Crippen LogP contribution in [0.4, 0.5) is 0 Å². The average Bonchev–Trinajstić information content (AvgIpc) is 2.13. The Hall–Kier alpha value is -0.920. The molecule has 1 aromatic rings. The lowest BCUT2D eigenvalue weighted by atomic mass is 10.00. The van der Waals surface area contributed by atoms with E-state index >= 15 is 0 Å². The molecule has 0 saturated heterocycles. The predicted octanol–water partition coefficient (Wildman–Crippen LogP) is 2.22. The van der Waals surface area contributed by atoms with Gasteiger partial charge < -0.3 is 4.89 Å². The summed E-state index contributed by atoms with van der Waals surface area (Å²) in [6.45, 7) is 5.63. The van der Waals surface area contributed by atoms with E-state index in [1.54, 1.807) is 19.1 Å². The minimum absolute atomic E-state index is 0.361. The van der Waals surface area contributed by atoms with Gasteiger partial charge in [-0.25, -0.2) is 0 Å². The lowest BCUT2D eigenvalue weighted by Crippen LogP contribution is -1.99. The lowest BCUT2D eigenvalue weighted by molar-refractivity contribution is 0.106. The zero-order valence-corrected chi connectivity index (χ0v) is 9.42. The van der Waals surface area contributed by atoms with Gasteiger partial charge in [-0.15, -0.1) is 0 Å². The number of benzene rings is 1. The Bertz CT molecular complexity index is 410. The maximum atomic E-state index is 11.3. The Balaban J connectivity index is 3.31. The Morgan fingerprint density at radius 2 is 1.79 bits per heavy atom. The van der Waals surface area contributed by atoms with Crippen LogP contribution in [0.2, 0.25) is 0 Å². The Labute approximate surface area is 83.6 Å². The predicted molar refractivity (Wildman–Crippen MR) is 56.2 cm³/mol. The molecule has 3 nitrogen and oxygen atoms in total. The van der Waals surface area contributed by atoms with E-state index in [-0.39, 0.29) is 0 Å². The van der Waals surface area contributed by atoms with Gasteiger partial charge in [-0.05, 0) is 37.5 Å². The van der Waals surface area contributed by atoms with E-state index in [1.807, 2.05) is 13.8 Å². The summed E-state index contributed by atoms with van der Waals surface area (Å²) in [6.07, 6.45) is 0. The zero-order chi connectivity index (χ0) is 10.9. The van der Waals surface area contributed by atoms with Gasteiger partial charge in [0.1, 0.15) is 0 Å². The van der Waals surface area contributed by atoms with Gasteiger partial charge in [0.2, 0.25) is 5.52 Å². The van der Waals surface area contributed by atoms with Gasteiger partial charge in [-0.1, -0.05) is 12.1 Å². The van der Waals surface area contributed by atoms with Gasteiger partial charge in [0.25, 0.3) is 8.03 Å². The Morgan fingerprint density at radius 1 is 1.21 bits per heavy atom. The van der Waals surface area contributed by atoms with Crippen molar-refractivity contribution in [3.05, 3.63) is 34.4 Å². The van der Waals surface area contributed by atoms with Gasteiger partial charge in [0.15, 0.2) is 0 Å². The van der Waals surface area contributed by atoms with Crippen LogP contribution in [0.25, 0.3) is 0 Å². The average molecular weight is 212 g/mol. The quantitative estimate of drug-likeness (QED) is 0.764. The second-order valence-corrected chi connectivity index (χ2v) is 4.38. The van der Waals surface area contributed by atoms with Crippen LogP contribution in [0.15, 0.2) is 12.1 Å². The van der Waals surface area contributed by atoms with Gasteiger partial charge in [0, 0.05) is 5.56 Å². The number of hydrogen-bond donors (Lipinski definition) is 1. The van der Waals surface area contributed by atoms with Crippen molar-refractivity contribution in [2.45, 2.75) is 20.8 Å². The molecule has 0 spiro atoms. The summed E-state index contributed by atoms with van der Waals surface area (Å²) in [6, 6.07) is 3.40. The molecule has 1 rings (SSSR count). The Kier molecular flexibility index (Phi) is 3.25. The molecule has 76 valence electrons. The molecule has 1 unspecified atom stereocenters. The largest absolute Gasteiger partial charge is 0.341 e. The summed E-state index contributed by atoms with van der Waals surface area (Å²) in [7, 11) is -3.10. The monoisotopic (exact) mass is 212 g/mol. The van der Waals surface area contributed by atoms with Crippen LogP contribution in [0.1, 0.15) is 27.0 Å². The van der Waals surface area contributed by atoms with Gasteiger partial charge in [-0.2, -0.15) is 0 Å². The van der Waals surface area contributed by atoms with Crippen LogP contribution in [0, 0.1) is 20.8 Å². The molecule has 4 heteroatoms. The van der Waals surface area contributed by atoms with Crippen molar-refractivity contribution in [3.63, 3.8) is 0 Å². The highest BCUT2D eigenvalue weighted by Crippen LogP contribution is 2.26. The van der Waals surface area contributed by atoms with Crippen LogP contribution in [-0.2, 0) is 4.57 Å². The van der Waals surface area contributed by atoms with Crippen molar-refractivity contribution in [2.24, 2.45) is 0 Å². The summed E-state index contributed by atoms with van der Waals surface area (Å²) in [4.78, 5) is 20.1. The second kappa shape index (κ2) is 4.07. The van der Waals surface area contributed by atoms with Crippen molar-refractivity contribution in [2.75, 3.05) is 0 Å². The van der Waals surface area contributed by atoms with E-state index < -0.39 is 13.6 Å². The SMILES string of the molecule is Cc1ccc(C(=O)[PH](=O)O)c(C)c1C. The standard InChI is InChI=1S/C10H13O3P/c1-6-4-5-9(8(3)7(6)2)10(11)14(12)13/h4-5,14H,1-3H3,(H,12,13). The molecule has 0 aromatic heterocycles. The van der Waals surface area contributed by atoms with Crippen LogP contribution in [0.5, 0.6) is 0 Å². The van der Waals surface area contributed by atoms with Crippen LogP contribution < -0.4 is 0 Å². The number of carbonyl (C=O) groups excluding carboxylic acids is 1. The van der Waals surface area contributed by atoms with Crippen molar-refractivity contribution in [3.8, 4) is 0 Å². The molecule has 1 aromatic carbocycles. The van der Waals surface area contributed by atoms with E-state index in [0.717, 1.165) is 16.7 Å². The molecule has 0 saturated carbocycles. The number of rotatable bonds is 2. The summed E-state index contributed by atoms with van der Waals surface area (Å²) in [5.74, 6) is 0. The van der Waals surface area contributed by atoms with E-state index in [9.17, 15) is 9.36 Å². The maximum absolute atomic E-state index is 11.3. The van der Waals surface area contributed by atoms with Crippen molar-refractivity contribution >= 4 is 13.6 Å². The number of aryl methyl sites for hydroxylation is 1. The molecule has 0 fully saturated rings. The Morgan fingerprint density at radius 3 is 2.29 bits per heavy atom. The summed E-state index contributed by atoms with van der Waals surface area (Å²) >= 11 is 0. The van der Waals surface area contributed by atoms with Gasteiger partial charge >= 0.3 is 0 Å². The molecule has 0 amide bonds. The van der Waals surface area contributed by atoms with E-state index in [2.05, 4.69) is 0 Å². The van der Waals surface area contributed by atoms with Crippen molar-refractivity contribution < 1.29 is 14.3 Å². The van der Waals surface area contributed by atoms with Crippen LogP contribution in [-0.4, -0.2) is 10.4 Å². The normalized spacial score (nSPS) is 12.6. The molecular weight excluding hydrogens is 199 g/mol. The van der Waals surface area contributed by atoms with Gasteiger partial charge in [-0.3, -0.25) is 9.36 Å². The summed E-state index contributed by atoms with van der Waals surface area (Å²) in [5.41, 5.74) is 2.58. The minimum Gasteiger partial charge on any atom is -0.341 e. The molecule has 0 aliphatic heterocycles. The third kappa shape index (κ3) is 1.94. The van der Waals surface area contributed by atoms with Crippen LogP contribution in [0.3, 0.4) is 0 Å². The molecule has 1 atom stereocenters. The fourth-order valence-electron chi connectivity index (χ4n) is 1.32. The smallest absolute Gasteiger partial charge is 0.257 e. The molecule has 0 aliphatic carbocycles. The fourth-order valence-corrected chi connectivity index (χ4v) is 1.82.